The van der Waals surface area contributed by atoms with Crippen LogP contribution in [0.25, 0.3) is 11.4 Å². The lowest BCUT2D eigenvalue weighted by molar-refractivity contribution is 0.366. The summed E-state index contributed by atoms with van der Waals surface area (Å²) in [7, 11) is -3.11. The molecule has 4 rings (SSSR count). The molecule has 2 heterocycles. The molecule has 1 aliphatic carbocycles. The second kappa shape index (κ2) is 5.27. The summed E-state index contributed by atoms with van der Waals surface area (Å²) in [5, 5.41) is 8.07. The zero-order chi connectivity index (χ0) is 16.8. The molecule has 2 aromatic heterocycles. The van der Waals surface area contributed by atoms with Crippen molar-refractivity contribution in [2.45, 2.75) is 24.1 Å². The van der Waals surface area contributed by atoms with Crippen LogP contribution < -0.4 is 0 Å². The van der Waals surface area contributed by atoms with Gasteiger partial charge in [-0.3, -0.25) is 4.68 Å². The SMILES string of the molecule is CS(=O)(=O)C1(c2ccc(-c3noc(Cn4cccn4)n3)cc2)CC1. The van der Waals surface area contributed by atoms with Crippen LogP contribution in [0.15, 0.2) is 47.2 Å². The summed E-state index contributed by atoms with van der Waals surface area (Å²) in [4.78, 5) is 4.35. The second-order valence-electron chi connectivity index (χ2n) is 6.06. The van der Waals surface area contributed by atoms with Gasteiger partial charge < -0.3 is 4.52 Å². The Bertz CT molecular complexity index is 955. The first-order valence-corrected chi connectivity index (χ1v) is 9.48. The van der Waals surface area contributed by atoms with E-state index in [1.54, 1.807) is 10.9 Å². The van der Waals surface area contributed by atoms with E-state index < -0.39 is 14.6 Å². The molecule has 24 heavy (non-hydrogen) atoms. The molecule has 124 valence electrons. The smallest absolute Gasteiger partial charge is 0.248 e. The Balaban J connectivity index is 1.57. The number of nitrogens with zero attached hydrogens (tertiary/aromatic N) is 4. The zero-order valence-electron chi connectivity index (χ0n) is 13.1. The van der Waals surface area contributed by atoms with Crippen molar-refractivity contribution in [2.75, 3.05) is 6.26 Å². The molecule has 0 saturated heterocycles. The predicted molar refractivity (Wildman–Crippen MR) is 86.8 cm³/mol. The van der Waals surface area contributed by atoms with Gasteiger partial charge in [-0.1, -0.05) is 29.4 Å². The maximum absolute atomic E-state index is 12.0. The molecular formula is C16H16N4O3S. The van der Waals surface area contributed by atoms with Crippen molar-refractivity contribution >= 4 is 9.84 Å². The van der Waals surface area contributed by atoms with Crippen LogP contribution >= 0.6 is 0 Å². The average Bonchev–Trinajstić information content (AvgIpc) is 3.00. The summed E-state index contributed by atoms with van der Waals surface area (Å²) >= 11 is 0. The van der Waals surface area contributed by atoms with Crippen molar-refractivity contribution in [3.8, 4) is 11.4 Å². The number of aromatic nitrogens is 4. The molecule has 1 aliphatic rings. The maximum Gasteiger partial charge on any atom is 0.248 e. The first-order valence-electron chi connectivity index (χ1n) is 7.58. The minimum Gasteiger partial charge on any atom is -0.337 e. The summed E-state index contributed by atoms with van der Waals surface area (Å²) < 4.78 is 30.2. The minimum absolute atomic E-state index is 0.412. The normalized spacial score (nSPS) is 16.2. The van der Waals surface area contributed by atoms with E-state index in [0.29, 0.717) is 31.1 Å². The van der Waals surface area contributed by atoms with Gasteiger partial charge in [0.05, 0.1) is 4.75 Å². The first kappa shape index (κ1) is 15.1. The van der Waals surface area contributed by atoms with Crippen molar-refractivity contribution in [1.82, 2.24) is 19.9 Å². The quantitative estimate of drug-likeness (QED) is 0.703. The van der Waals surface area contributed by atoms with Crippen molar-refractivity contribution < 1.29 is 12.9 Å². The second-order valence-corrected chi connectivity index (χ2v) is 8.38. The molecule has 0 atom stereocenters. The van der Waals surface area contributed by atoms with Gasteiger partial charge in [0.15, 0.2) is 9.84 Å². The molecule has 0 radical (unpaired) electrons. The van der Waals surface area contributed by atoms with Gasteiger partial charge in [0.25, 0.3) is 0 Å². The van der Waals surface area contributed by atoms with Gasteiger partial charge in [-0.05, 0) is 24.5 Å². The molecule has 7 nitrogen and oxygen atoms in total. The van der Waals surface area contributed by atoms with E-state index >= 15 is 0 Å². The summed E-state index contributed by atoms with van der Waals surface area (Å²) in [5.41, 5.74) is 1.62. The first-order chi connectivity index (χ1) is 11.5. The van der Waals surface area contributed by atoms with E-state index in [1.165, 1.54) is 6.26 Å². The minimum atomic E-state index is -3.11. The van der Waals surface area contributed by atoms with E-state index in [4.69, 9.17) is 4.52 Å². The van der Waals surface area contributed by atoms with Crippen molar-refractivity contribution in [1.29, 1.82) is 0 Å². The lowest BCUT2D eigenvalue weighted by Gasteiger charge is -2.13. The largest absolute Gasteiger partial charge is 0.337 e. The molecule has 0 amide bonds. The van der Waals surface area contributed by atoms with Gasteiger partial charge >= 0.3 is 0 Å². The summed E-state index contributed by atoms with van der Waals surface area (Å²) in [6.45, 7) is 0.412. The summed E-state index contributed by atoms with van der Waals surface area (Å²) in [6, 6.07) is 9.18. The molecule has 1 fully saturated rings. The fourth-order valence-corrected chi connectivity index (χ4v) is 4.29. The van der Waals surface area contributed by atoms with Gasteiger partial charge in [0, 0.05) is 24.2 Å². The molecule has 0 bridgehead atoms. The Morgan fingerprint density at radius 1 is 1.25 bits per heavy atom. The summed E-state index contributed by atoms with van der Waals surface area (Å²) in [6.07, 6.45) is 6.17. The van der Waals surface area contributed by atoms with Crippen LogP contribution in [0.1, 0.15) is 24.3 Å². The van der Waals surface area contributed by atoms with E-state index in [9.17, 15) is 8.42 Å². The topological polar surface area (TPSA) is 90.9 Å². The van der Waals surface area contributed by atoms with Gasteiger partial charge in [-0.15, -0.1) is 0 Å². The summed E-state index contributed by atoms with van der Waals surface area (Å²) in [5.74, 6) is 0.945. The molecule has 0 unspecified atom stereocenters. The molecule has 1 saturated carbocycles. The monoisotopic (exact) mass is 344 g/mol. The van der Waals surface area contributed by atoms with Crippen LogP contribution in [0.2, 0.25) is 0 Å². The Labute approximate surface area is 139 Å². The molecule has 8 heteroatoms. The highest BCUT2D eigenvalue weighted by molar-refractivity contribution is 7.92. The van der Waals surface area contributed by atoms with Gasteiger partial charge in [-0.25, -0.2) is 8.42 Å². The molecule has 3 aromatic rings. The third-order valence-electron chi connectivity index (χ3n) is 4.41. The Morgan fingerprint density at radius 3 is 2.58 bits per heavy atom. The maximum atomic E-state index is 12.0. The lowest BCUT2D eigenvalue weighted by Crippen LogP contribution is -2.19. The Hall–Kier alpha value is -2.48. The van der Waals surface area contributed by atoms with Crippen molar-refractivity contribution in [2.24, 2.45) is 0 Å². The third kappa shape index (κ3) is 2.52. The fraction of sp³-hybridized carbons (Fsp3) is 0.312. The Morgan fingerprint density at radius 2 is 2.00 bits per heavy atom. The average molecular weight is 344 g/mol. The van der Waals surface area contributed by atoms with Gasteiger partial charge in [0.1, 0.15) is 6.54 Å². The highest BCUT2D eigenvalue weighted by Crippen LogP contribution is 2.52. The van der Waals surface area contributed by atoms with E-state index in [1.807, 2.05) is 36.5 Å². The lowest BCUT2D eigenvalue weighted by atomic mass is 10.1. The number of rotatable bonds is 5. The molecule has 0 spiro atoms. The third-order valence-corrected chi connectivity index (χ3v) is 6.47. The molecule has 0 N–H and O–H groups in total. The number of benzene rings is 1. The molecule has 1 aromatic carbocycles. The highest BCUT2D eigenvalue weighted by Gasteiger charge is 2.53. The van der Waals surface area contributed by atoms with E-state index in [-0.39, 0.29) is 0 Å². The van der Waals surface area contributed by atoms with Crippen LogP contribution in [0.4, 0.5) is 0 Å². The number of hydrogen-bond acceptors (Lipinski definition) is 6. The standard InChI is InChI=1S/C16H16N4O3S/c1-24(21,22)16(7-8-16)13-5-3-12(4-6-13)15-18-14(23-19-15)11-20-10-2-9-17-20/h2-6,9-10H,7-8,11H2,1H3. The number of sulfone groups is 1. The molecule has 0 aliphatic heterocycles. The van der Waals surface area contributed by atoms with Crippen LogP contribution in [0.3, 0.4) is 0 Å². The molecular weight excluding hydrogens is 328 g/mol. The van der Waals surface area contributed by atoms with E-state index in [2.05, 4.69) is 15.2 Å². The van der Waals surface area contributed by atoms with Gasteiger partial charge in [0.2, 0.25) is 11.7 Å². The van der Waals surface area contributed by atoms with Gasteiger partial charge in [-0.2, -0.15) is 10.1 Å². The highest BCUT2D eigenvalue weighted by atomic mass is 32.2. The van der Waals surface area contributed by atoms with Crippen LogP contribution in [-0.4, -0.2) is 34.6 Å². The van der Waals surface area contributed by atoms with Crippen LogP contribution in [-0.2, 0) is 21.1 Å². The van der Waals surface area contributed by atoms with E-state index in [0.717, 1.165) is 11.1 Å². The van der Waals surface area contributed by atoms with Crippen LogP contribution in [0.5, 0.6) is 0 Å². The number of hydrogen-bond donors (Lipinski definition) is 0. The van der Waals surface area contributed by atoms with Crippen molar-refractivity contribution in [3.05, 3.63) is 54.2 Å². The zero-order valence-corrected chi connectivity index (χ0v) is 13.9. The van der Waals surface area contributed by atoms with Crippen LogP contribution in [0, 0.1) is 0 Å². The predicted octanol–water partition coefficient (Wildman–Crippen LogP) is 2.02. The Kier molecular flexibility index (Phi) is 3.31. The van der Waals surface area contributed by atoms with Crippen molar-refractivity contribution in [3.63, 3.8) is 0 Å². The fourth-order valence-electron chi connectivity index (χ4n) is 2.88.